The molecule has 1 saturated carbocycles. The molecule has 1 aliphatic carbocycles. The number of rotatable bonds is 4. The number of carboxylic acid groups (broad SMARTS) is 1. The summed E-state index contributed by atoms with van der Waals surface area (Å²) in [5, 5.41) is 12.5. The number of hydrogen-bond donors (Lipinski definition) is 2. The van der Waals surface area contributed by atoms with Crippen molar-refractivity contribution < 1.29 is 23.9 Å². The molecule has 2 fully saturated rings. The maximum absolute atomic E-state index is 13.1. The molecule has 1 aromatic rings. The van der Waals surface area contributed by atoms with E-state index in [1.54, 1.807) is 4.90 Å². The lowest BCUT2D eigenvalue weighted by atomic mass is 9.76. The third-order valence-corrected chi connectivity index (χ3v) is 6.07. The smallest absolute Gasteiger partial charge is 0.329 e. The molecule has 1 saturated heterocycles. The Hall–Kier alpha value is -2.44. The Morgan fingerprint density at radius 1 is 1.14 bits per heavy atom. The number of nitrogens with zero attached hydrogens (tertiary/aromatic N) is 1. The van der Waals surface area contributed by atoms with E-state index in [0.29, 0.717) is 43.7 Å². The van der Waals surface area contributed by atoms with Crippen LogP contribution in [0.4, 0.5) is 4.39 Å². The third kappa shape index (κ3) is 4.34. The van der Waals surface area contributed by atoms with Gasteiger partial charge >= 0.3 is 5.97 Å². The van der Waals surface area contributed by atoms with Gasteiger partial charge in [-0.15, -0.1) is 0 Å². The largest absolute Gasteiger partial charge is 0.480 e. The summed E-state index contributed by atoms with van der Waals surface area (Å²) in [7, 11) is 0. The summed E-state index contributed by atoms with van der Waals surface area (Å²) in [6.45, 7) is 2.86. The molecule has 2 N–H and O–H groups in total. The highest BCUT2D eigenvalue weighted by molar-refractivity contribution is 5.95. The minimum absolute atomic E-state index is 0.239. The van der Waals surface area contributed by atoms with Gasteiger partial charge in [-0.2, -0.15) is 0 Å². The molecule has 1 unspecified atom stereocenters. The second kappa shape index (κ2) is 8.29. The number of nitrogens with one attached hydrogen (secondary N) is 1. The molecule has 2 aliphatic rings. The molecule has 7 heteroatoms. The number of hydrogen-bond acceptors (Lipinski definition) is 3. The van der Waals surface area contributed by atoms with Gasteiger partial charge in [-0.25, -0.2) is 9.18 Å². The quantitative estimate of drug-likeness (QED) is 0.828. The number of piperidine rings is 1. The summed E-state index contributed by atoms with van der Waals surface area (Å²) < 4.78 is 13.1. The Morgan fingerprint density at radius 2 is 1.79 bits per heavy atom. The van der Waals surface area contributed by atoms with Gasteiger partial charge in [0.05, 0.1) is 5.92 Å². The fourth-order valence-corrected chi connectivity index (χ4v) is 4.14. The van der Waals surface area contributed by atoms with Gasteiger partial charge in [0.1, 0.15) is 11.4 Å². The lowest BCUT2D eigenvalue weighted by molar-refractivity contribution is -0.150. The number of amides is 2. The van der Waals surface area contributed by atoms with Gasteiger partial charge < -0.3 is 15.3 Å². The van der Waals surface area contributed by atoms with E-state index >= 15 is 0 Å². The van der Waals surface area contributed by atoms with Crippen molar-refractivity contribution in [3.63, 3.8) is 0 Å². The van der Waals surface area contributed by atoms with Gasteiger partial charge in [0.15, 0.2) is 0 Å². The van der Waals surface area contributed by atoms with E-state index in [1.165, 1.54) is 24.3 Å². The van der Waals surface area contributed by atoms with E-state index < -0.39 is 23.2 Å². The van der Waals surface area contributed by atoms with E-state index in [2.05, 4.69) is 12.2 Å². The zero-order valence-corrected chi connectivity index (χ0v) is 16.1. The SMILES string of the molecule is CC1CCC(NC(=O)C2CCCN(C(=O)c3ccc(F)cc3)C2)(C(=O)O)CC1. The van der Waals surface area contributed by atoms with Gasteiger partial charge in [-0.3, -0.25) is 9.59 Å². The zero-order chi connectivity index (χ0) is 20.3. The Labute approximate surface area is 164 Å². The molecule has 152 valence electrons. The summed E-state index contributed by atoms with van der Waals surface area (Å²) in [6, 6.07) is 5.35. The molecule has 0 bridgehead atoms. The van der Waals surface area contributed by atoms with Crippen LogP contribution in [0.2, 0.25) is 0 Å². The van der Waals surface area contributed by atoms with Crippen molar-refractivity contribution in [3.8, 4) is 0 Å². The van der Waals surface area contributed by atoms with Crippen molar-refractivity contribution in [1.82, 2.24) is 10.2 Å². The molecule has 1 atom stereocenters. The first-order valence-electron chi connectivity index (χ1n) is 9.91. The van der Waals surface area contributed by atoms with Crippen LogP contribution < -0.4 is 5.32 Å². The number of benzene rings is 1. The first kappa shape index (κ1) is 20.3. The number of halogens is 1. The molecule has 1 heterocycles. The first-order valence-corrected chi connectivity index (χ1v) is 9.91. The van der Waals surface area contributed by atoms with E-state index in [9.17, 15) is 23.9 Å². The standard InChI is InChI=1S/C21H27FN2O4/c1-14-8-10-21(11-9-14,20(27)28)23-18(25)16-3-2-12-24(13-16)19(26)15-4-6-17(22)7-5-15/h4-7,14,16H,2-3,8-13H2,1H3,(H,23,25)(H,27,28). The molecule has 1 aliphatic heterocycles. The van der Waals surface area contributed by atoms with Crippen molar-refractivity contribution in [2.24, 2.45) is 11.8 Å². The molecule has 0 radical (unpaired) electrons. The highest BCUT2D eigenvalue weighted by Gasteiger charge is 2.44. The van der Waals surface area contributed by atoms with Crippen LogP contribution in [0.25, 0.3) is 0 Å². The van der Waals surface area contributed by atoms with E-state index in [4.69, 9.17) is 0 Å². The number of carbonyl (C=O) groups is 3. The highest BCUT2D eigenvalue weighted by Crippen LogP contribution is 2.33. The zero-order valence-electron chi connectivity index (χ0n) is 16.1. The number of carbonyl (C=O) groups excluding carboxylic acids is 2. The molecule has 28 heavy (non-hydrogen) atoms. The maximum Gasteiger partial charge on any atom is 0.329 e. The predicted molar refractivity (Wildman–Crippen MR) is 101 cm³/mol. The van der Waals surface area contributed by atoms with Gasteiger partial charge in [-0.05, 0) is 68.7 Å². The fourth-order valence-electron chi connectivity index (χ4n) is 4.14. The predicted octanol–water partition coefficient (Wildman–Crippen LogP) is 2.83. The monoisotopic (exact) mass is 390 g/mol. The minimum atomic E-state index is -1.20. The lowest BCUT2D eigenvalue weighted by Crippen LogP contribution is -2.59. The highest BCUT2D eigenvalue weighted by atomic mass is 19.1. The average Bonchev–Trinajstić information content (AvgIpc) is 2.70. The molecule has 1 aromatic carbocycles. The number of carboxylic acids is 1. The van der Waals surface area contributed by atoms with Crippen LogP contribution in [-0.4, -0.2) is 46.4 Å². The van der Waals surface area contributed by atoms with Crippen LogP contribution in [0, 0.1) is 17.7 Å². The third-order valence-electron chi connectivity index (χ3n) is 6.07. The summed E-state index contributed by atoms with van der Waals surface area (Å²) >= 11 is 0. The van der Waals surface area contributed by atoms with Crippen LogP contribution in [0.3, 0.4) is 0 Å². The molecule has 0 aromatic heterocycles. The Balaban J connectivity index is 1.66. The first-order chi connectivity index (χ1) is 13.3. The molecule has 2 amide bonds. The Kier molecular flexibility index (Phi) is 6.01. The van der Waals surface area contributed by atoms with Gasteiger partial charge in [0.25, 0.3) is 5.91 Å². The van der Waals surface area contributed by atoms with Crippen LogP contribution in [0.1, 0.15) is 55.8 Å². The summed E-state index contributed by atoms with van der Waals surface area (Å²) in [6.07, 6.45) is 3.69. The van der Waals surface area contributed by atoms with Crippen molar-refractivity contribution in [3.05, 3.63) is 35.6 Å². The van der Waals surface area contributed by atoms with E-state index in [1.807, 2.05) is 0 Å². The normalized spacial score (nSPS) is 27.9. The van der Waals surface area contributed by atoms with E-state index in [0.717, 1.165) is 12.8 Å². The summed E-state index contributed by atoms with van der Waals surface area (Å²) in [5.74, 6) is -1.90. The van der Waals surface area contributed by atoms with Crippen molar-refractivity contribution >= 4 is 17.8 Å². The Bertz CT molecular complexity index is 741. The minimum Gasteiger partial charge on any atom is -0.480 e. The average molecular weight is 390 g/mol. The second-order valence-corrected chi connectivity index (χ2v) is 8.16. The number of likely N-dealkylation sites (tertiary alicyclic amines) is 1. The Morgan fingerprint density at radius 3 is 2.39 bits per heavy atom. The van der Waals surface area contributed by atoms with Gasteiger partial charge in [0.2, 0.25) is 5.91 Å². The molecule has 6 nitrogen and oxygen atoms in total. The van der Waals surface area contributed by atoms with Crippen LogP contribution in [0.15, 0.2) is 24.3 Å². The molecular weight excluding hydrogens is 363 g/mol. The van der Waals surface area contributed by atoms with Crippen LogP contribution >= 0.6 is 0 Å². The molecule has 0 spiro atoms. The van der Waals surface area contributed by atoms with Crippen LogP contribution in [-0.2, 0) is 9.59 Å². The van der Waals surface area contributed by atoms with Crippen LogP contribution in [0.5, 0.6) is 0 Å². The van der Waals surface area contributed by atoms with E-state index in [-0.39, 0.29) is 18.4 Å². The summed E-state index contributed by atoms with van der Waals surface area (Å²) in [4.78, 5) is 39.0. The van der Waals surface area contributed by atoms with Gasteiger partial charge in [-0.1, -0.05) is 6.92 Å². The molecular formula is C21H27FN2O4. The maximum atomic E-state index is 13.1. The second-order valence-electron chi connectivity index (χ2n) is 8.16. The number of aliphatic carboxylic acids is 1. The fraction of sp³-hybridized carbons (Fsp3) is 0.571. The van der Waals surface area contributed by atoms with Gasteiger partial charge in [0, 0.05) is 18.7 Å². The summed E-state index contributed by atoms with van der Waals surface area (Å²) in [5.41, 5.74) is -0.821. The molecule has 3 rings (SSSR count). The van der Waals surface area contributed by atoms with Crippen molar-refractivity contribution in [2.75, 3.05) is 13.1 Å². The van der Waals surface area contributed by atoms with Crippen molar-refractivity contribution in [1.29, 1.82) is 0 Å². The lowest BCUT2D eigenvalue weighted by Gasteiger charge is -2.39. The van der Waals surface area contributed by atoms with Crippen molar-refractivity contribution in [2.45, 2.75) is 51.0 Å². The topological polar surface area (TPSA) is 86.7 Å².